The molecule has 11 heavy (non-hydrogen) atoms. The summed E-state index contributed by atoms with van der Waals surface area (Å²) in [6.07, 6.45) is 1.36. The molecule has 2 aliphatic rings. The molecule has 1 aliphatic carbocycles. The quantitative estimate of drug-likeness (QED) is 0.594. The average molecular weight is 147 g/mol. The van der Waals surface area contributed by atoms with Gasteiger partial charge in [-0.15, -0.1) is 0 Å². The van der Waals surface area contributed by atoms with E-state index in [0.717, 1.165) is 12.0 Å². The summed E-state index contributed by atoms with van der Waals surface area (Å²) in [6, 6.07) is 7.49. The van der Waals surface area contributed by atoms with E-state index >= 15 is 0 Å². The Bertz CT molecular complexity index is 322. The molecule has 1 aliphatic heterocycles. The summed E-state index contributed by atoms with van der Waals surface area (Å²) in [5.74, 6) is 0.852. The lowest BCUT2D eigenvalue weighted by Gasteiger charge is -2.03. The summed E-state index contributed by atoms with van der Waals surface area (Å²) in [6.45, 7) is 2.16. The van der Waals surface area contributed by atoms with Crippen molar-refractivity contribution in [2.24, 2.45) is 0 Å². The molecular weight excluding hydrogens is 134 g/mol. The molecule has 0 aromatic heterocycles. The molecule has 1 heteroatoms. The summed E-state index contributed by atoms with van der Waals surface area (Å²) in [5, 5.41) is 3.50. The van der Waals surface area contributed by atoms with Crippen LogP contribution in [-0.2, 0) is 0 Å². The Hall–Kier alpha value is -0.980. The fraction of sp³-hybridized carbons (Fsp3) is 0.400. The van der Waals surface area contributed by atoms with Crippen LogP contribution in [0.3, 0.4) is 0 Å². The van der Waals surface area contributed by atoms with E-state index in [1.165, 1.54) is 17.7 Å². The van der Waals surface area contributed by atoms with E-state index in [-0.39, 0.29) is 1.43 Å². The van der Waals surface area contributed by atoms with Crippen molar-refractivity contribution >= 4 is 5.69 Å². The molecule has 1 aromatic carbocycles. The zero-order valence-electron chi connectivity index (χ0n) is 6.59. The number of fused-ring (bicyclic) bond motifs is 3. The van der Waals surface area contributed by atoms with E-state index in [1.54, 1.807) is 5.56 Å². The second kappa shape index (κ2) is 1.60. The molecule has 58 valence electrons. The Morgan fingerprint density at radius 2 is 2.45 bits per heavy atom. The molecule has 1 N–H and O–H groups in total. The van der Waals surface area contributed by atoms with E-state index in [1.807, 2.05) is 0 Å². The van der Waals surface area contributed by atoms with Crippen LogP contribution in [-0.4, -0.2) is 6.04 Å². The predicted molar refractivity (Wildman–Crippen MR) is 48.1 cm³/mol. The van der Waals surface area contributed by atoms with E-state index in [2.05, 4.69) is 30.4 Å². The second-order valence-electron chi connectivity index (χ2n) is 3.68. The zero-order valence-corrected chi connectivity index (χ0v) is 6.59. The minimum absolute atomic E-state index is 0. The van der Waals surface area contributed by atoms with Gasteiger partial charge in [0, 0.05) is 19.1 Å². The lowest BCUT2D eigenvalue weighted by atomic mass is 10.1. The van der Waals surface area contributed by atoms with Crippen molar-refractivity contribution in [3.63, 3.8) is 0 Å². The third-order valence-corrected chi connectivity index (χ3v) is 2.74. The van der Waals surface area contributed by atoms with Gasteiger partial charge < -0.3 is 5.32 Å². The van der Waals surface area contributed by atoms with E-state index in [4.69, 9.17) is 0 Å². The van der Waals surface area contributed by atoms with Crippen LogP contribution >= 0.6 is 0 Å². The fourth-order valence-electron chi connectivity index (χ4n) is 2.02. The molecule has 1 nitrogen and oxygen atoms in total. The van der Waals surface area contributed by atoms with Gasteiger partial charge in [0.2, 0.25) is 0 Å². The smallest absolute Gasteiger partial charge is 0.0378 e. The molecule has 1 aromatic rings. The maximum Gasteiger partial charge on any atom is 0.0378 e. The number of hydrogen-bond donors (Lipinski definition) is 1. The van der Waals surface area contributed by atoms with Crippen LogP contribution in [0.25, 0.3) is 0 Å². The van der Waals surface area contributed by atoms with Crippen LogP contribution < -0.4 is 5.32 Å². The van der Waals surface area contributed by atoms with Gasteiger partial charge in [-0.05, 0) is 25.0 Å². The number of nitrogens with one attached hydrogen (secondary N) is 1. The molecule has 1 saturated carbocycles. The molecule has 1 heterocycles. The van der Waals surface area contributed by atoms with Crippen LogP contribution in [0.5, 0.6) is 0 Å². The van der Waals surface area contributed by atoms with Gasteiger partial charge in [-0.1, -0.05) is 17.7 Å². The standard InChI is InChI=1S/C10H11N.H2/c1-6-2-3-9-7(4-6)8-5-10(8)11-9;/h2-4,8,10-11H,5H2,1H3;1H. The number of rotatable bonds is 0. The normalized spacial score (nSPS) is 30.6. The minimum atomic E-state index is 0. The third-order valence-electron chi connectivity index (χ3n) is 2.74. The molecule has 3 rings (SSSR count). The van der Waals surface area contributed by atoms with Gasteiger partial charge in [-0.2, -0.15) is 0 Å². The molecule has 2 atom stereocenters. The lowest BCUT2D eigenvalue weighted by molar-refractivity contribution is 1.13. The van der Waals surface area contributed by atoms with Crippen LogP contribution in [0.2, 0.25) is 0 Å². The molecule has 1 fully saturated rings. The van der Waals surface area contributed by atoms with Gasteiger partial charge in [0.15, 0.2) is 0 Å². The Morgan fingerprint density at radius 3 is 3.36 bits per heavy atom. The maximum atomic E-state index is 3.50. The molecule has 2 unspecified atom stereocenters. The number of aryl methyl sites for hydroxylation is 1. The number of hydrogen-bond acceptors (Lipinski definition) is 1. The highest BCUT2D eigenvalue weighted by Gasteiger charge is 2.44. The maximum absolute atomic E-state index is 3.50. The Morgan fingerprint density at radius 1 is 1.55 bits per heavy atom. The summed E-state index contributed by atoms with van der Waals surface area (Å²) in [7, 11) is 0. The van der Waals surface area contributed by atoms with E-state index in [9.17, 15) is 0 Å². The van der Waals surface area contributed by atoms with Crippen molar-refractivity contribution in [1.29, 1.82) is 0 Å². The first-order valence-corrected chi connectivity index (χ1v) is 4.22. The highest BCUT2D eigenvalue weighted by atomic mass is 15.0. The van der Waals surface area contributed by atoms with Crippen molar-refractivity contribution in [3.05, 3.63) is 29.3 Å². The van der Waals surface area contributed by atoms with Gasteiger partial charge in [-0.25, -0.2) is 0 Å². The number of anilines is 1. The highest BCUT2D eigenvalue weighted by Crippen LogP contribution is 2.51. The first-order chi connectivity index (χ1) is 5.34. The summed E-state index contributed by atoms with van der Waals surface area (Å²) >= 11 is 0. The van der Waals surface area contributed by atoms with Crippen molar-refractivity contribution in [1.82, 2.24) is 0 Å². The highest BCUT2D eigenvalue weighted by molar-refractivity contribution is 5.64. The Kier molecular flexibility index (Phi) is 0.823. The van der Waals surface area contributed by atoms with Crippen molar-refractivity contribution in [2.75, 3.05) is 5.32 Å². The average Bonchev–Trinajstić information content (AvgIpc) is 2.67. The Labute approximate surface area is 67.9 Å². The molecule has 0 bridgehead atoms. The largest absolute Gasteiger partial charge is 0.381 e. The van der Waals surface area contributed by atoms with Crippen molar-refractivity contribution in [2.45, 2.75) is 25.3 Å². The Balaban J connectivity index is 0.000000563. The zero-order chi connectivity index (χ0) is 7.42. The second-order valence-corrected chi connectivity index (χ2v) is 3.68. The van der Waals surface area contributed by atoms with Crippen LogP contribution in [0.1, 0.15) is 24.9 Å². The topological polar surface area (TPSA) is 12.0 Å². The van der Waals surface area contributed by atoms with Crippen LogP contribution in [0, 0.1) is 6.92 Å². The lowest BCUT2D eigenvalue weighted by Crippen LogP contribution is -1.95. The summed E-state index contributed by atoms with van der Waals surface area (Å²) in [5.41, 5.74) is 4.31. The summed E-state index contributed by atoms with van der Waals surface area (Å²) < 4.78 is 0. The monoisotopic (exact) mass is 147 g/mol. The van der Waals surface area contributed by atoms with Crippen molar-refractivity contribution < 1.29 is 1.43 Å². The fourth-order valence-corrected chi connectivity index (χ4v) is 2.02. The predicted octanol–water partition coefficient (Wildman–Crippen LogP) is 2.52. The molecule has 0 radical (unpaired) electrons. The molecule has 0 spiro atoms. The van der Waals surface area contributed by atoms with Gasteiger partial charge in [0.25, 0.3) is 0 Å². The van der Waals surface area contributed by atoms with Gasteiger partial charge in [0.05, 0.1) is 0 Å². The first-order valence-electron chi connectivity index (χ1n) is 4.22. The van der Waals surface area contributed by atoms with E-state index in [0.29, 0.717) is 0 Å². The summed E-state index contributed by atoms with van der Waals surface area (Å²) in [4.78, 5) is 0. The van der Waals surface area contributed by atoms with Gasteiger partial charge in [-0.3, -0.25) is 0 Å². The van der Waals surface area contributed by atoms with E-state index < -0.39 is 0 Å². The number of benzene rings is 1. The van der Waals surface area contributed by atoms with Crippen LogP contribution in [0.15, 0.2) is 18.2 Å². The third kappa shape index (κ3) is 0.657. The van der Waals surface area contributed by atoms with Crippen molar-refractivity contribution in [3.8, 4) is 0 Å². The molecule has 0 amide bonds. The van der Waals surface area contributed by atoms with Gasteiger partial charge in [0.1, 0.15) is 0 Å². The van der Waals surface area contributed by atoms with Gasteiger partial charge >= 0.3 is 0 Å². The SMILES string of the molecule is Cc1ccc2c(c1)C1CC1N2.[HH]. The first kappa shape index (κ1) is 5.64. The van der Waals surface area contributed by atoms with Crippen LogP contribution in [0.4, 0.5) is 5.69 Å². The molecule has 0 saturated heterocycles. The minimum Gasteiger partial charge on any atom is -0.381 e. The molecular formula is C10H13N.